The van der Waals surface area contributed by atoms with Gasteiger partial charge in [0.05, 0.1) is 27.9 Å². The molecule has 1 saturated heterocycles. The summed E-state index contributed by atoms with van der Waals surface area (Å²) in [4.78, 5) is 19.9. The number of rotatable bonds is 8. The van der Waals surface area contributed by atoms with Gasteiger partial charge in [-0.1, -0.05) is 48.9 Å². The molecular weight excluding hydrogens is 482 g/mol. The molecule has 1 aromatic heterocycles. The lowest BCUT2D eigenvalue weighted by molar-refractivity contribution is 0.0917. The van der Waals surface area contributed by atoms with Crippen LogP contribution in [0.25, 0.3) is 10.2 Å². The molecule has 0 aliphatic carbocycles. The zero-order valence-electron chi connectivity index (χ0n) is 18.5. The van der Waals surface area contributed by atoms with E-state index in [0.717, 1.165) is 23.1 Å². The summed E-state index contributed by atoms with van der Waals surface area (Å²) in [6.07, 6.45) is 1.71. The Kier molecular flexibility index (Phi) is 7.35. The first kappa shape index (κ1) is 24.1. The molecule has 3 aromatic rings. The number of fused-ring (bicyclic) bond motifs is 1. The molecule has 1 amide bonds. The van der Waals surface area contributed by atoms with E-state index in [0.29, 0.717) is 31.4 Å². The number of anilines is 1. The Morgan fingerprint density at radius 3 is 2.64 bits per heavy atom. The van der Waals surface area contributed by atoms with Crippen LogP contribution in [0.15, 0.2) is 47.4 Å². The number of carbonyl (C=O) groups excluding carboxylic acids is 1. The normalized spacial score (nSPS) is 16.5. The first-order valence-electron chi connectivity index (χ1n) is 10.9. The van der Waals surface area contributed by atoms with Crippen LogP contribution in [0.4, 0.5) is 5.13 Å². The van der Waals surface area contributed by atoms with Crippen LogP contribution < -0.4 is 4.90 Å². The van der Waals surface area contributed by atoms with E-state index in [9.17, 15) is 13.2 Å². The van der Waals surface area contributed by atoms with Crippen molar-refractivity contribution in [3.05, 3.63) is 53.1 Å². The molecular formula is C23H26ClN3O4S2. The van der Waals surface area contributed by atoms with Crippen LogP contribution in [0.5, 0.6) is 0 Å². The van der Waals surface area contributed by atoms with Gasteiger partial charge in [0.15, 0.2) is 5.13 Å². The quantitative estimate of drug-likeness (QED) is 0.437. The largest absolute Gasteiger partial charge is 0.376 e. The zero-order valence-corrected chi connectivity index (χ0v) is 20.9. The number of aromatic nitrogens is 1. The average molecular weight is 508 g/mol. The number of para-hydroxylation sites is 1. The van der Waals surface area contributed by atoms with Gasteiger partial charge in [0.2, 0.25) is 10.0 Å². The second-order valence-corrected chi connectivity index (χ2v) is 11.1. The molecule has 33 heavy (non-hydrogen) atoms. The molecule has 0 radical (unpaired) electrons. The molecule has 0 bridgehead atoms. The summed E-state index contributed by atoms with van der Waals surface area (Å²) in [5, 5.41) is 0.643. The molecule has 4 rings (SSSR count). The van der Waals surface area contributed by atoms with Crippen molar-refractivity contribution in [1.29, 1.82) is 0 Å². The fraction of sp³-hybridized carbons (Fsp3) is 0.391. The number of nitrogens with zero attached hydrogens (tertiary/aromatic N) is 3. The smallest absolute Gasteiger partial charge is 0.260 e. The summed E-state index contributed by atoms with van der Waals surface area (Å²) in [5.41, 5.74) is 1.05. The van der Waals surface area contributed by atoms with E-state index in [-0.39, 0.29) is 27.5 Å². The molecule has 10 heteroatoms. The Morgan fingerprint density at radius 1 is 1.21 bits per heavy atom. The molecule has 0 saturated carbocycles. The van der Waals surface area contributed by atoms with Crippen molar-refractivity contribution < 1.29 is 17.9 Å². The van der Waals surface area contributed by atoms with Crippen LogP contribution in [0.2, 0.25) is 5.02 Å². The minimum atomic E-state index is -3.83. The Hall–Kier alpha value is -2.04. The maximum absolute atomic E-state index is 13.7. The van der Waals surface area contributed by atoms with E-state index in [1.54, 1.807) is 24.8 Å². The third-order valence-corrected chi connectivity index (χ3v) is 9.26. The van der Waals surface area contributed by atoms with Gasteiger partial charge < -0.3 is 4.74 Å². The van der Waals surface area contributed by atoms with Crippen LogP contribution in [-0.2, 0) is 14.8 Å². The molecule has 0 spiro atoms. The maximum atomic E-state index is 13.7. The van der Waals surface area contributed by atoms with Crippen LogP contribution in [0.1, 0.15) is 37.0 Å². The Labute approximate surface area is 203 Å². The highest BCUT2D eigenvalue weighted by Crippen LogP contribution is 2.32. The van der Waals surface area contributed by atoms with E-state index >= 15 is 0 Å². The lowest BCUT2D eigenvalue weighted by Crippen LogP contribution is -2.37. The number of amides is 1. The lowest BCUT2D eigenvalue weighted by atomic mass is 10.1. The molecule has 1 fully saturated rings. The molecule has 0 N–H and O–H groups in total. The monoisotopic (exact) mass is 507 g/mol. The lowest BCUT2D eigenvalue weighted by Gasteiger charge is -2.24. The summed E-state index contributed by atoms with van der Waals surface area (Å²) in [6, 6.07) is 12.1. The van der Waals surface area contributed by atoms with Gasteiger partial charge in [-0.2, -0.15) is 4.31 Å². The summed E-state index contributed by atoms with van der Waals surface area (Å²) >= 11 is 7.69. The van der Waals surface area contributed by atoms with E-state index < -0.39 is 10.0 Å². The van der Waals surface area contributed by atoms with Crippen LogP contribution in [-0.4, -0.2) is 56.0 Å². The predicted octanol–water partition coefficient (Wildman–Crippen LogP) is 4.81. The van der Waals surface area contributed by atoms with Crippen molar-refractivity contribution in [2.45, 2.75) is 37.7 Å². The number of halogens is 1. The van der Waals surface area contributed by atoms with Crippen molar-refractivity contribution >= 4 is 54.2 Å². The number of thiazole rings is 1. The topological polar surface area (TPSA) is 79.8 Å². The minimum Gasteiger partial charge on any atom is -0.376 e. The molecule has 7 nitrogen and oxygen atoms in total. The highest BCUT2D eigenvalue weighted by Gasteiger charge is 2.30. The molecule has 1 atom stereocenters. The third-order valence-electron chi connectivity index (χ3n) is 5.67. The molecule has 176 valence electrons. The van der Waals surface area contributed by atoms with Gasteiger partial charge in [0, 0.05) is 25.3 Å². The van der Waals surface area contributed by atoms with Gasteiger partial charge in [-0.25, -0.2) is 13.4 Å². The molecule has 1 aliphatic heterocycles. The second kappa shape index (κ2) is 10.1. The number of hydrogen-bond donors (Lipinski definition) is 0. The molecule has 1 aliphatic rings. The summed E-state index contributed by atoms with van der Waals surface area (Å²) in [5.74, 6) is -0.336. The number of ether oxygens (including phenoxy) is 1. The number of sulfonamides is 1. The Balaban J connectivity index is 1.74. The molecule has 2 aromatic carbocycles. The predicted molar refractivity (Wildman–Crippen MR) is 132 cm³/mol. The van der Waals surface area contributed by atoms with Crippen LogP contribution in [0.3, 0.4) is 0 Å². The van der Waals surface area contributed by atoms with Crippen molar-refractivity contribution in [1.82, 2.24) is 9.29 Å². The second-order valence-electron chi connectivity index (χ2n) is 7.75. The Morgan fingerprint density at radius 2 is 1.97 bits per heavy atom. The van der Waals surface area contributed by atoms with E-state index in [1.165, 1.54) is 27.8 Å². The highest BCUT2D eigenvalue weighted by atomic mass is 35.5. The van der Waals surface area contributed by atoms with Gasteiger partial charge in [0.1, 0.15) is 4.90 Å². The standard InChI is InChI=1S/C23H26ClN3O4S2/c1-3-26(4-2)33(29,30)21-14-16(11-12-18(21)24)22(28)27(15-17-8-7-13-31-17)23-25-19-9-5-6-10-20(19)32-23/h5-6,9-12,14,17H,3-4,7-8,13,15H2,1-2H3. The minimum absolute atomic E-state index is 0.0694. The van der Waals surface area contributed by atoms with Crippen LogP contribution >= 0.6 is 22.9 Å². The van der Waals surface area contributed by atoms with E-state index in [4.69, 9.17) is 16.3 Å². The fourth-order valence-corrected chi connectivity index (χ4v) is 6.84. The van der Waals surface area contributed by atoms with E-state index in [1.807, 2.05) is 24.3 Å². The number of benzene rings is 2. The first-order chi connectivity index (χ1) is 15.8. The average Bonchev–Trinajstić information content (AvgIpc) is 3.47. The number of carbonyl (C=O) groups is 1. The number of hydrogen-bond acceptors (Lipinski definition) is 6. The van der Waals surface area contributed by atoms with Crippen molar-refractivity contribution in [3.63, 3.8) is 0 Å². The van der Waals surface area contributed by atoms with Gasteiger partial charge >= 0.3 is 0 Å². The first-order valence-corrected chi connectivity index (χ1v) is 13.6. The van der Waals surface area contributed by atoms with Gasteiger partial charge in [0.25, 0.3) is 5.91 Å². The summed E-state index contributed by atoms with van der Waals surface area (Å²) in [7, 11) is -3.83. The maximum Gasteiger partial charge on any atom is 0.260 e. The van der Waals surface area contributed by atoms with Gasteiger partial charge in [-0.05, 0) is 43.2 Å². The summed E-state index contributed by atoms with van der Waals surface area (Å²) < 4.78 is 34.3. The molecule has 2 heterocycles. The Bertz CT molecular complexity index is 1220. The van der Waals surface area contributed by atoms with Gasteiger partial charge in [-0.3, -0.25) is 9.69 Å². The van der Waals surface area contributed by atoms with Crippen molar-refractivity contribution in [2.75, 3.05) is 31.1 Å². The molecule has 1 unspecified atom stereocenters. The zero-order chi connectivity index (χ0) is 23.6. The van der Waals surface area contributed by atoms with E-state index in [2.05, 4.69) is 4.98 Å². The van der Waals surface area contributed by atoms with Crippen LogP contribution in [0, 0.1) is 0 Å². The van der Waals surface area contributed by atoms with Crippen molar-refractivity contribution in [2.24, 2.45) is 0 Å². The SMILES string of the molecule is CCN(CC)S(=O)(=O)c1cc(C(=O)N(CC2CCCO2)c2nc3ccccc3s2)ccc1Cl. The third kappa shape index (κ3) is 4.93. The van der Waals surface area contributed by atoms with Gasteiger partial charge in [-0.15, -0.1) is 0 Å². The fourth-order valence-electron chi connectivity index (χ4n) is 3.91. The van der Waals surface area contributed by atoms with Crippen molar-refractivity contribution in [3.8, 4) is 0 Å². The highest BCUT2D eigenvalue weighted by molar-refractivity contribution is 7.89. The summed E-state index contributed by atoms with van der Waals surface area (Å²) in [6.45, 7) is 5.16.